The summed E-state index contributed by atoms with van der Waals surface area (Å²) in [5, 5.41) is 36.5. The lowest BCUT2D eigenvalue weighted by Crippen LogP contribution is -2.03. The van der Waals surface area contributed by atoms with Crippen LogP contribution in [0.4, 0.5) is 0 Å². The minimum atomic E-state index is 1.12. The number of rotatable bonds is 66. The lowest BCUT2D eigenvalue weighted by Gasteiger charge is -2.30. The van der Waals surface area contributed by atoms with Gasteiger partial charge in [-0.2, -0.15) is 0 Å². The van der Waals surface area contributed by atoms with E-state index in [-0.39, 0.29) is 0 Å². The maximum atomic E-state index is 4.02. The fourth-order valence-electron chi connectivity index (χ4n) is 23.2. The van der Waals surface area contributed by atoms with Crippen molar-refractivity contribution >= 4 is 129 Å². The highest BCUT2D eigenvalue weighted by Gasteiger charge is 2.33. The molecule has 14 rings (SSSR count). The van der Waals surface area contributed by atoms with E-state index in [9.17, 15) is 0 Å². The van der Waals surface area contributed by atoms with Gasteiger partial charge in [-0.25, -0.2) is 0 Å². The van der Waals surface area contributed by atoms with Gasteiger partial charge in [-0.05, 0) is 264 Å². The number of unbranched alkanes of at least 4 members (excludes halogenated alkanes) is 54. The first-order valence-corrected chi connectivity index (χ1v) is 53.4. The van der Waals surface area contributed by atoms with Crippen LogP contribution < -0.4 is 0 Å². The second-order valence-corrected chi connectivity index (χ2v) is 40.1. The Hall–Kier alpha value is -6.68. The third-order valence-corrected chi connectivity index (χ3v) is 30.1. The molecular weight excluding hydrogens is 1470 g/mol. The molecule has 14 aromatic carbocycles. The zero-order valence-electron chi connectivity index (χ0n) is 78.9. The topological polar surface area (TPSA) is 0 Å². The van der Waals surface area contributed by atoms with Crippen molar-refractivity contribution in [1.29, 1.82) is 0 Å². The number of hydrogen-bond donors (Lipinski definition) is 0. The van der Waals surface area contributed by atoms with E-state index >= 15 is 0 Å². The molecule has 14 aromatic rings. The maximum Gasteiger partial charge on any atom is 0.0261 e. The van der Waals surface area contributed by atoms with Crippen LogP contribution in [0.15, 0.2) is 97.1 Å². The van der Waals surface area contributed by atoms with Crippen molar-refractivity contribution in [2.24, 2.45) is 0 Å². The fourth-order valence-corrected chi connectivity index (χ4v) is 23.2. The number of fused-ring (bicyclic) bond motifs is 6. The summed E-state index contributed by atoms with van der Waals surface area (Å²) in [7, 11) is 0. The van der Waals surface area contributed by atoms with Gasteiger partial charge in [0.05, 0.1) is 0 Å². The van der Waals surface area contributed by atoms with Crippen LogP contribution in [0.25, 0.3) is 129 Å². The van der Waals surface area contributed by atoms with Crippen molar-refractivity contribution in [2.75, 3.05) is 0 Å². The SMILES string of the molecule is CCCCCCCCCCCCc1ccc(C#Cc2cc3c4cc(CCCCCCCCCCCC)cc5c6cc(CCCCCCCCCCCC)cc7c8cc(CCCCCCCCCCCC)cc9c%10cc(CCCCCCCCCCCC)cc%11c%12cc(CCCCCCCCCCCC)cc%13c(c2)c3c2c(c45)c(c67)c(c89)c(c%11%10)c2c%13%12)cc1. The number of aryl methyl sites for hydroxylation is 6. The van der Waals surface area contributed by atoms with Gasteiger partial charge in [0.2, 0.25) is 0 Å². The van der Waals surface area contributed by atoms with Gasteiger partial charge in [-0.15, -0.1) is 0 Å². The van der Waals surface area contributed by atoms with Gasteiger partial charge in [-0.3, -0.25) is 0 Å². The highest BCUT2D eigenvalue weighted by Crippen LogP contribution is 2.61. The summed E-state index contributed by atoms with van der Waals surface area (Å²) in [5.41, 5.74) is 11.5. The first-order chi connectivity index (χ1) is 60.4. The second-order valence-electron chi connectivity index (χ2n) is 40.1. The van der Waals surface area contributed by atoms with Crippen molar-refractivity contribution in [3.8, 4) is 11.8 Å². The molecule has 0 N–H and O–H groups in total. The molecule has 0 radical (unpaired) electrons. The predicted molar refractivity (Wildman–Crippen MR) is 549 cm³/mol. The largest absolute Gasteiger partial charge is 0.0654 e. The molecular formula is C122H166. The molecule has 0 aliphatic carbocycles. The lowest BCUT2D eigenvalue weighted by molar-refractivity contribution is 0.556. The molecule has 0 spiro atoms. The molecule has 654 valence electrons. The third-order valence-electron chi connectivity index (χ3n) is 30.1. The van der Waals surface area contributed by atoms with E-state index in [1.54, 1.807) is 59.8 Å². The van der Waals surface area contributed by atoms with Crippen LogP contribution in [0.1, 0.15) is 471 Å². The standard InChI is InChI=1S/C122H166/c1-7-13-19-25-31-37-43-49-55-61-67-91-73-75-92(76-74-91)77-78-98-89-109-107-87-96(71-65-59-53-47-41-35-29-23-17-11-5)85-105-103-83-94(69-63-57-51-45-39-33-27-21-15-9-3)81-101-99-79-93(68-62-56-50-44-38-32-26-20-14-8-2)80-100-102-82-95(70-64-58-52-46-40-34-28-22-16-10-4)84-104-106-86-97(72-66-60-54-48-42-36-30-24-18-12-6)88-108-110(90-98)116(109)122-120(114(105)107)118(112(101)103)117(111(99)100)119(113(102)104)121(122)115(106)108/h73-76,79-90H,7-72H2,1-6H3. The molecule has 0 bridgehead atoms. The summed E-state index contributed by atoms with van der Waals surface area (Å²) >= 11 is 0. The second kappa shape index (κ2) is 48.9. The highest BCUT2D eigenvalue weighted by atomic mass is 14.4. The Morgan fingerprint density at radius 3 is 0.443 bits per heavy atom. The van der Waals surface area contributed by atoms with Crippen molar-refractivity contribution < 1.29 is 0 Å². The van der Waals surface area contributed by atoms with Gasteiger partial charge in [0.15, 0.2) is 0 Å². The van der Waals surface area contributed by atoms with Crippen LogP contribution >= 0.6 is 0 Å². The number of hydrogen-bond acceptors (Lipinski definition) is 0. The highest BCUT2D eigenvalue weighted by molar-refractivity contribution is 6.61. The molecule has 0 saturated heterocycles. The molecule has 0 atom stereocenters. The molecule has 0 heteroatoms. The Morgan fingerprint density at radius 2 is 0.270 bits per heavy atom. The third kappa shape index (κ3) is 23.2. The predicted octanol–water partition coefficient (Wildman–Crippen LogP) is 40.3. The average Bonchev–Trinajstić information content (AvgIpc) is 0.641. The van der Waals surface area contributed by atoms with E-state index in [4.69, 9.17) is 0 Å². The van der Waals surface area contributed by atoms with Crippen LogP contribution in [0.5, 0.6) is 0 Å². The summed E-state index contributed by atoms with van der Waals surface area (Å²) in [6, 6.07) is 42.7. The Labute approximate surface area is 743 Å². The van der Waals surface area contributed by atoms with Crippen LogP contribution in [-0.4, -0.2) is 0 Å². The van der Waals surface area contributed by atoms with Crippen LogP contribution in [0, 0.1) is 11.8 Å². The zero-order chi connectivity index (χ0) is 83.9. The summed E-state index contributed by atoms with van der Waals surface area (Å²) in [5.74, 6) is 7.90. The van der Waals surface area contributed by atoms with E-state index < -0.39 is 0 Å². The van der Waals surface area contributed by atoms with Gasteiger partial charge in [0.25, 0.3) is 0 Å². The van der Waals surface area contributed by atoms with Gasteiger partial charge < -0.3 is 0 Å². The molecule has 0 heterocycles. The number of benzene rings is 14. The first kappa shape index (κ1) is 91.5. The van der Waals surface area contributed by atoms with Gasteiger partial charge in [-0.1, -0.05) is 473 Å². The summed E-state index contributed by atoms with van der Waals surface area (Å²) in [6.07, 6.45) is 88.7. The van der Waals surface area contributed by atoms with E-state index in [0.717, 1.165) is 49.7 Å². The molecule has 0 unspecified atom stereocenters. The molecule has 122 heavy (non-hydrogen) atoms. The van der Waals surface area contributed by atoms with Gasteiger partial charge >= 0.3 is 0 Å². The van der Waals surface area contributed by atoms with E-state index in [2.05, 4.69) is 150 Å². The fraction of sp³-hybridized carbons (Fsp3) is 0.590. The van der Waals surface area contributed by atoms with Crippen LogP contribution in [0.2, 0.25) is 0 Å². The van der Waals surface area contributed by atoms with Crippen LogP contribution in [0.3, 0.4) is 0 Å². The minimum Gasteiger partial charge on any atom is -0.0654 e. The maximum absolute atomic E-state index is 4.02. The Bertz CT molecular complexity index is 5130. The molecule has 0 aliphatic heterocycles. The van der Waals surface area contributed by atoms with E-state index in [0.29, 0.717) is 0 Å². The van der Waals surface area contributed by atoms with Crippen LogP contribution in [-0.2, 0) is 38.5 Å². The van der Waals surface area contributed by atoms with E-state index in [1.807, 2.05) is 0 Å². The Morgan fingerprint density at radius 1 is 0.131 bits per heavy atom. The average molecular weight is 1630 g/mol. The van der Waals surface area contributed by atoms with E-state index in [1.165, 1.54) is 488 Å². The smallest absolute Gasteiger partial charge is 0.0261 e. The Kier molecular flexibility index (Phi) is 36.7. The van der Waals surface area contributed by atoms with Gasteiger partial charge in [0, 0.05) is 11.1 Å². The van der Waals surface area contributed by atoms with Crippen molar-refractivity contribution in [1.82, 2.24) is 0 Å². The van der Waals surface area contributed by atoms with Crippen molar-refractivity contribution in [3.05, 3.63) is 142 Å². The van der Waals surface area contributed by atoms with Crippen molar-refractivity contribution in [3.63, 3.8) is 0 Å². The molecule has 0 aromatic heterocycles. The zero-order valence-corrected chi connectivity index (χ0v) is 78.9. The lowest BCUT2D eigenvalue weighted by atomic mass is 9.72. The minimum absolute atomic E-state index is 1.12. The monoisotopic (exact) mass is 1630 g/mol. The first-order valence-electron chi connectivity index (χ1n) is 53.4. The molecule has 0 aliphatic rings. The normalized spacial score (nSPS) is 12.5. The molecule has 0 nitrogen and oxygen atoms in total. The quantitative estimate of drug-likeness (QED) is 0.0154. The molecule has 0 amide bonds. The summed E-state index contributed by atoms with van der Waals surface area (Å²) < 4.78 is 0. The Balaban J connectivity index is 0.962. The summed E-state index contributed by atoms with van der Waals surface area (Å²) in [4.78, 5) is 0. The molecule has 0 saturated carbocycles. The van der Waals surface area contributed by atoms with Gasteiger partial charge in [0.1, 0.15) is 0 Å². The van der Waals surface area contributed by atoms with Crippen molar-refractivity contribution in [2.45, 2.75) is 465 Å². The molecule has 0 fully saturated rings. The summed E-state index contributed by atoms with van der Waals surface area (Å²) in [6.45, 7) is 14.1.